The Labute approximate surface area is 94.8 Å². The molecule has 1 unspecified atom stereocenters. The monoisotopic (exact) mass is 216 g/mol. The number of phenols is 1. The maximum atomic E-state index is 9.18. The summed E-state index contributed by atoms with van der Waals surface area (Å²) in [7, 11) is 0. The Morgan fingerprint density at radius 2 is 1.33 bits per heavy atom. The molecule has 0 spiro atoms. The Morgan fingerprint density at radius 3 is 1.93 bits per heavy atom. The Morgan fingerprint density at radius 1 is 0.800 bits per heavy atom. The van der Waals surface area contributed by atoms with Crippen LogP contribution in [0, 0.1) is 0 Å². The van der Waals surface area contributed by atoms with Gasteiger partial charge in [-0.05, 0) is 23.3 Å². The third-order valence-corrected chi connectivity index (χ3v) is 2.92. The van der Waals surface area contributed by atoms with Gasteiger partial charge in [0.15, 0.2) is 0 Å². The van der Waals surface area contributed by atoms with Gasteiger partial charge < -0.3 is 5.11 Å². The summed E-state index contributed by atoms with van der Waals surface area (Å²) < 4.78 is 0. The molecular formula is C13H12OS. The lowest BCUT2D eigenvalue weighted by molar-refractivity contribution is 0.475. The van der Waals surface area contributed by atoms with E-state index >= 15 is 0 Å². The zero-order chi connectivity index (χ0) is 10.7. The van der Waals surface area contributed by atoms with E-state index < -0.39 is 0 Å². The van der Waals surface area contributed by atoms with Gasteiger partial charge in [-0.1, -0.05) is 42.5 Å². The molecule has 0 saturated heterocycles. The number of rotatable bonds is 2. The first-order chi connectivity index (χ1) is 7.27. The molecule has 0 aliphatic heterocycles. The van der Waals surface area contributed by atoms with E-state index in [0.717, 1.165) is 11.1 Å². The molecule has 0 radical (unpaired) electrons. The summed E-state index contributed by atoms with van der Waals surface area (Å²) in [5, 5.41) is 9.25. The molecule has 0 saturated carbocycles. The SMILES string of the molecule is Oc1ccc(C(S)c2ccccc2)cc1. The number of hydrogen-bond donors (Lipinski definition) is 2. The van der Waals surface area contributed by atoms with Gasteiger partial charge in [-0.3, -0.25) is 0 Å². The van der Waals surface area contributed by atoms with Crippen molar-refractivity contribution < 1.29 is 5.11 Å². The van der Waals surface area contributed by atoms with Crippen LogP contribution < -0.4 is 0 Å². The van der Waals surface area contributed by atoms with E-state index in [1.807, 2.05) is 42.5 Å². The van der Waals surface area contributed by atoms with Crippen molar-refractivity contribution in [2.24, 2.45) is 0 Å². The average molecular weight is 216 g/mol. The van der Waals surface area contributed by atoms with Gasteiger partial charge in [0.25, 0.3) is 0 Å². The normalized spacial score (nSPS) is 12.3. The van der Waals surface area contributed by atoms with Crippen LogP contribution in [0.15, 0.2) is 54.6 Å². The zero-order valence-corrected chi connectivity index (χ0v) is 9.06. The summed E-state index contributed by atoms with van der Waals surface area (Å²) in [6.07, 6.45) is 0. The van der Waals surface area contributed by atoms with Crippen LogP contribution in [0.5, 0.6) is 5.75 Å². The molecule has 0 aliphatic carbocycles. The van der Waals surface area contributed by atoms with E-state index in [-0.39, 0.29) is 11.0 Å². The third kappa shape index (κ3) is 2.34. The minimum atomic E-state index is 0.0619. The second kappa shape index (κ2) is 4.41. The number of thiol groups is 1. The molecule has 0 bridgehead atoms. The molecule has 2 aromatic carbocycles. The van der Waals surface area contributed by atoms with Crippen molar-refractivity contribution in [2.45, 2.75) is 5.25 Å². The highest BCUT2D eigenvalue weighted by atomic mass is 32.1. The van der Waals surface area contributed by atoms with E-state index in [2.05, 4.69) is 12.6 Å². The average Bonchev–Trinajstić information content (AvgIpc) is 2.30. The molecule has 0 heterocycles. The fourth-order valence-corrected chi connectivity index (χ4v) is 1.83. The smallest absolute Gasteiger partial charge is 0.115 e. The Balaban J connectivity index is 2.29. The highest BCUT2D eigenvalue weighted by Gasteiger charge is 2.07. The first-order valence-electron chi connectivity index (χ1n) is 4.79. The Kier molecular flexibility index (Phi) is 2.97. The van der Waals surface area contributed by atoms with E-state index in [4.69, 9.17) is 0 Å². The first-order valence-corrected chi connectivity index (χ1v) is 5.31. The molecule has 1 atom stereocenters. The molecule has 0 fully saturated rings. The second-order valence-electron chi connectivity index (χ2n) is 3.40. The standard InChI is InChI=1S/C13H12OS/c14-12-8-6-11(7-9-12)13(15)10-4-2-1-3-5-10/h1-9,13-15H. The molecular weight excluding hydrogens is 204 g/mol. The van der Waals surface area contributed by atoms with Crippen molar-refractivity contribution in [1.29, 1.82) is 0 Å². The number of benzene rings is 2. The third-order valence-electron chi connectivity index (χ3n) is 2.32. The zero-order valence-electron chi connectivity index (χ0n) is 8.17. The van der Waals surface area contributed by atoms with Gasteiger partial charge >= 0.3 is 0 Å². The molecule has 15 heavy (non-hydrogen) atoms. The van der Waals surface area contributed by atoms with Gasteiger partial charge in [0.05, 0.1) is 5.25 Å². The van der Waals surface area contributed by atoms with E-state index in [0.29, 0.717) is 0 Å². The van der Waals surface area contributed by atoms with Gasteiger partial charge in [-0.2, -0.15) is 12.6 Å². The number of aromatic hydroxyl groups is 1. The lowest BCUT2D eigenvalue weighted by Crippen LogP contribution is -1.91. The fraction of sp³-hybridized carbons (Fsp3) is 0.0769. The van der Waals surface area contributed by atoms with E-state index in [1.54, 1.807) is 12.1 Å². The van der Waals surface area contributed by atoms with Crippen LogP contribution in [-0.2, 0) is 0 Å². The number of hydrogen-bond acceptors (Lipinski definition) is 2. The van der Waals surface area contributed by atoms with Crippen molar-refractivity contribution in [3.05, 3.63) is 65.7 Å². The van der Waals surface area contributed by atoms with Gasteiger partial charge in [0, 0.05) is 0 Å². The lowest BCUT2D eigenvalue weighted by Gasteiger charge is -2.11. The van der Waals surface area contributed by atoms with Crippen LogP contribution in [0.25, 0.3) is 0 Å². The summed E-state index contributed by atoms with van der Waals surface area (Å²) in [5.41, 5.74) is 2.24. The maximum Gasteiger partial charge on any atom is 0.115 e. The van der Waals surface area contributed by atoms with Crippen LogP contribution in [0.3, 0.4) is 0 Å². The summed E-state index contributed by atoms with van der Waals surface area (Å²) in [6, 6.07) is 17.2. The molecule has 0 aromatic heterocycles. The van der Waals surface area contributed by atoms with Gasteiger partial charge in [0.1, 0.15) is 5.75 Å². The van der Waals surface area contributed by atoms with Crippen LogP contribution in [0.4, 0.5) is 0 Å². The van der Waals surface area contributed by atoms with E-state index in [1.165, 1.54) is 0 Å². The van der Waals surface area contributed by atoms with Crippen molar-refractivity contribution in [1.82, 2.24) is 0 Å². The highest BCUT2D eigenvalue weighted by molar-refractivity contribution is 7.80. The molecule has 0 amide bonds. The lowest BCUT2D eigenvalue weighted by atomic mass is 10.0. The largest absolute Gasteiger partial charge is 0.508 e. The number of phenolic OH excluding ortho intramolecular Hbond substituents is 1. The molecule has 1 nitrogen and oxygen atoms in total. The summed E-state index contributed by atoms with van der Waals surface area (Å²) in [5.74, 6) is 0.285. The predicted molar refractivity (Wildman–Crippen MR) is 65.4 cm³/mol. The van der Waals surface area contributed by atoms with Gasteiger partial charge in [0.2, 0.25) is 0 Å². The highest BCUT2D eigenvalue weighted by Crippen LogP contribution is 2.28. The van der Waals surface area contributed by atoms with Crippen LogP contribution in [-0.4, -0.2) is 5.11 Å². The molecule has 2 aromatic rings. The summed E-state index contributed by atoms with van der Waals surface area (Å²) >= 11 is 4.56. The maximum absolute atomic E-state index is 9.18. The van der Waals surface area contributed by atoms with Crippen LogP contribution >= 0.6 is 12.6 Å². The summed E-state index contributed by atoms with van der Waals surface area (Å²) in [6.45, 7) is 0. The van der Waals surface area contributed by atoms with Gasteiger partial charge in [-0.15, -0.1) is 0 Å². The molecule has 2 rings (SSSR count). The molecule has 1 N–H and O–H groups in total. The van der Waals surface area contributed by atoms with Crippen molar-refractivity contribution >= 4 is 12.6 Å². The van der Waals surface area contributed by atoms with E-state index in [9.17, 15) is 5.11 Å². The minimum Gasteiger partial charge on any atom is -0.508 e. The predicted octanol–water partition coefficient (Wildman–Crippen LogP) is 3.41. The molecule has 0 aliphatic rings. The van der Waals surface area contributed by atoms with Crippen molar-refractivity contribution in [3.8, 4) is 5.75 Å². The summed E-state index contributed by atoms with van der Waals surface area (Å²) in [4.78, 5) is 0. The fourth-order valence-electron chi connectivity index (χ4n) is 1.48. The van der Waals surface area contributed by atoms with Gasteiger partial charge in [-0.25, -0.2) is 0 Å². The Hall–Kier alpha value is -1.41. The quantitative estimate of drug-likeness (QED) is 0.737. The Bertz CT molecular complexity index is 422. The first kappa shape index (κ1) is 10.1. The van der Waals surface area contributed by atoms with Crippen molar-refractivity contribution in [3.63, 3.8) is 0 Å². The topological polar surface area (TPSA) is 20.2 Å². The molecule has 2 heteroatoms. The minimum absolute atomic E-state index is 0.0619. The molecule has 76 valence electrons. The second-order valence-corrected chi connectivity index (χ2v) is 3.92. The van der Waals surface area contributed by atoms with Crippen LogP contribution in [0.2, 0.25) is 0 Å². The van der Waals surface area contributed by atoms with Crippen molar-refractivity contribution in [2.75, 3.05) is 0 Å². The van der Waals surface area contributed by atoms with Crippen LogP contribution in [0.1, 0.15) is 16.4 Å².